The number of nitrogens with zero attached hydrogens (tertiary/aromatic N) is 1. The number of ether oxygens (including phenoxy) is 2. The molecule has 0 unspecified atom stereocenters. The molecule has 7 nitrogen and oxygen atoms in total. The number of halogens is 2. The van der Waals surface area contributed by atoms with Crippen molar-refractivity contribution < 1.29 is 23.0 Å². The minimum absolute atomic E-state index is 0.122. The Morgan fingerprint density at radius 1 is 0.974 bits per heavy atom. The highest BCUT2D eigenvalue weighted by atomic mass is 19.1. The standard InChI is InChI=1S/C21H17F2N3O.C8H15NO2/c22-15-5-1-13(2-6-15)17(14-3-7-16(23)8-4-14)9-21(27)26-20-12-24-11-19-18(20)10-25-19;1-4-10-5-2-8(1)7-9-3-6-11-8/h1-8,11-12,17,25H,9-10H2,(H,26,27);9H,1-7H2. The first kappa shape index (κ1) is 26.2. The number of anilines is 2. The Kier molecular flexibility index (Phi) is 8.26. The van der Waals surface area contributed by atoms with Gasteiger partial charge in [0.1, 0.15) is 11.6 Å². The van der Waals surface area contributed by atoms with E-state index in [0.717, 1.165) is 68.1 Å². The molecule has 38 heavy (non-hydrogen) atoms. The number of hydrogen-bond donors (Lipinski definition) is 3. The Hall–Kier alpha value is -3.40. The quantitative estimate of drug-likeness (QED) is 0.454. The second-order valence-corrected chi connectivity index (χ2v) is 9.80. The molecule has 3 N–H and O–H groups in total. The van der Waals surface area contributed by atoms with E-state index in [1.165, 1.54) is 24.3 Å². The molecule has 0 atom stereocenters. The lowest BCUT2D eigenvalue weighted by Gasteiger charge is -2.40. The zero-order chi connectivity index (χ0) is 26.4. The minimum atomic E-state index is -0.344. The summed E-state index contributed by atoms with van der Waals surface area (Å²) in [6.07, 6.45) is 5.60. The van der Waals surface area contributed by atoms with Gasteiger partial charge in [0, 0.05) is 63.6 Å². The molecule has 3 aliphatic rings. The molecule has 0 saturated carbocycles. The van der Waals surface area contributed by atoms with E-state index < -0.39 is 0 Å². The highest BCUT2D eigenvalue weighted by molar-refractivity contribution is 5.93. The van der Waals surface area contributed by atoms with Gasteiger partial charge in [-0.15, -0.1) is 0 Å². The van der Waals surface area contributed by atoms with Gasteiger partial charge in [-0.25, -0.2) is 8.78 Å². The maximum Gasteiger partial charge on any atom is 0.225 e. The highest BCUT2D eigenvalue weighted by Gasteiger charge is 2.34. The fourth-order valence-electron chi connectivity index (χ4n) is 4.99. The van der Waals surface area contributed by atoms with Crippen molar-refractivity contribution >= 4 is 17.3 Å². The maximum atomic E-state index is 13.3. The van der Waals surface area contributed by atoms with E-state index in [1.54, 1.807) is 36.7 Å². The van der Waals surface area contributed by atoms with Crippen LogP contribution in [0, 0.1) is 11.6 Å². The van der Waals surface area contributed by atoms with Crippen LogP contribution in [0.1, 0.15) is 41.9 Å². The number of fused-ring (bicyclic) bond motifs is 1. The van der Waals surface area contributed by atoms with Crippen LogP contribution in [-0.2, 0) is 20.8 Å². The van der Waals surface area contributed by atoms with Crippen LogP contribution in [0.3, 0.4) is 0 Å². The third-order valence-electron chi connectivity index (χ3n) is 7.26. The van der Waals surface area contributed by atoms with Crippen LogP contribution in [0.4, 0.5) is 20.2 Å². The van der Waals surface area contributed by atoms with Crippen LogP contribution in [0.25, 0.3) is 0 Å². The molecule has 2 aromatic carbocycles. The van der Waals surface area contributed by atoms with Gasteiger partial charge in [0.2, 0.25) is 5.91 Å². The summed E-state index contributed by atoms with van der Waals surface area (Å²) < 4.78 is 37.7. The average molecular weight is 523 g/mol. The number of nitrogens with one attached hydrogen (secondary N) is 3. The highest BCUT2D eigenvalue weighted by Crippen LogP contribution is 2.33. The van der Waals surface area contributed by atoms with Crippen molar-refractivity contribution in [1.82, 2.24) is 10.3 Å². The molecular formula is C29H32F2N4O3. The monoisotopic (exact) mass is 522 g/mol. The van der Waals surface area contributed by atoms with Crippen molar-refractivity contribution in [3.63, 3.8) is 0 Å². The van der Waals surface area contributed by atoms with Gasteiger partial charge in [0.05, 0.1) is 36.0 Å². The summed E-state index contributed by atoms with van der Waals surface area (Å²) in [4.78, 5) is 16.8. The van der Waals surface area contributed by atoms with Gasteiger partial charge in [0.15, 0.2) is 0 Å². The van der Waals surface area contributed by atoms with Gasteiger partial charge in [0.25, 0.3) is 0 Å². The molecule has 0 aliphatic carbocycles. The second-order valence-electron chi connectivity index (χ2n) is 9.80. The summed E-state index contributed by atoms with van der Waals surface area (Å²) in [6, 6.07) is 12.0. The first-order valence-electron chi connectivity index (χ1n) is 13.0. The molecule has 6 rings (SSSR count). The second kappa shape index (κ2) is 12.0. The molecule has 3 aliphatic heterocycles. The van der Waals surface area contributed by atoms with Crippen molar-refractivity contribution in [2.45, 2.75) is 37.3 Å². The third-order valence-corrected chi connectivity index (χ3v) is 7.26. The van der Waals surface area contributed by atoms with E-state index in [-0.39, 0.29) is 35.5 Å². The van der Waals surface area contributed by atoms with Crippen LogP contribution >= 0.6 is 0 Å². The van der Waals surface area contributed by atoms with Crippen molar-refractivity contribution in [3.8, 4) is 0 Å². The summed E-state index contributed by atoms with van der Waals surface area (Å²) in [6.45, 7) is 5.29. The number of rotatable bonds is 5. The zero-order valence-electron chi connectivity index (χ0n) is 21.1. The Bertz CT molecular complexity index is 1160. The number of pyridine rings is 1. The molecular weight excluding hydrogens is 490 g/mol. The van der Waals surface area contributed by atoms with E-state index >= 15 is 0 Å². The Morgan fingerprint density at radius 3 is 2.18 bits per heavy atom. The number of carbonyl (C=O) groups excluding carboxylic acids is 1. The molecule has 4 heterocycles. The molecule has 2 saturated heterocycles. The fraction of sp³-hybridized carbons (Fsp3) is 0.379. The number of hydrogen-bond acceptors (Lipinski definition) is 6. The smallest absolute Gasteiger partial charge is 0.225 e. The molecule has 0 radical (unpaired) electrons. The van der Waals surface area contributed by atoms with Gasteiger partial charge >= 0.3 is 0 Å². The molecule has 1 aromatic heterocycles. The van der Waals surface area contributed by atoms with Gasteiger partial charge in [-0.05, 0) is 35.4 Å². The van der Waals surface area contributed by atoms with Gasteiger partial charge < -0.3 is 25.4 Å². The number of morpholine rings is 1. The lowest BCUT2D eigenvalue weighted by molar-refractivity contribution is -0.123. The normalized spacial score (nSPS) is 17.4. The van der Waals surface area contributed by atoms with E-state index in [0.29, 0.717) is 12.2 Å². The Labute approximate surface area is 221 Å². The van der Waals surface area contributed by atoms with Gasteiger partial charge in [-0.2, -0.15) is 0 Å². The summed E-state index contributed by atoms with van der Waals surface area (Å²) in [5.74, 6) is -1.19. The Balaban J connectivity index is 0.000000222. The lowest BCUT2D eigenvalue weighted by Crippen LogP contribution is -2.52. The van der Waals surface area contributed by atoms with E-state index in [1.807, 2.05) is 0 Å². The van der Waals surface area contributed by atoms with Crippen molar-refractivity contribution in [2.24, 2.45) is 0 Å². The fourth-order valence-corrected chi connectivity index (χ4v) is 4.99. The number of benzene rings is 2. The van der Waals surface area contributed by atoms with Crippen LogP contribution < -0.4 is 16.0 Å². The van der Waals surface area contributed by atoms with Crippen molar-refractivity contribution in [1.29, 1.82) is 0 Å². The van der Waals surface area contributed by atoms with E-state index in [2.05, 4.69) is 20.9 Å². The summed E-state index contributed by atoms with van der Waals surface area (Å²) in [7, 11) is 0. The predicted molar refractivity (Wildman–Crippen MR) is 141 cm³/mol. The topological polar surface area (TPSA) is 84.5 Å². The molecule has 0 bridgehead atoms. The molecule has 9 heteroatoms. The minimum Gasteiger partial charge on any atom is -0.381 e. The first-order chi connectivity index (χ1) is 18.5. The van der Waals surface area contributed by atoms with Gasteiger partial charge in [-0.1, -0.05) is 24.3 Å². The number of carbonyl (C=O) groups is 1. The summed E-state index contributed by atoms with van der Waals surface area (Å²) in [5.41, 5.74) is 4.34. The SMILES string of the molecule is C1COC2(CCOCC2)CN1.O=C(CC(c1ccc(F)cc1)c1ccc(F)cc1)Nc1cncc2c1CN2. The first-order valence-corrected chi connectivity index (χ1v) is 13.0. The summed E-state index contributed by atoms with van der Waals surface area (Å²) in [5, 5.41) is 9.39. The van der Waals surface area contributed by atoms with Crippen LogP contribution in [-0.4, -0.2) is 49.4 Å². The molecule has 200 valence electrons. The zero-order valence-corrected chi connectivity index (χ0v) is 21.1. The van der Waals surface area contributed by atoms with Crippen LogP contribution in [0.5, 0.6) is 0 Å². The average Bonchev–Trinajstić information content (AvgIpc) is 2.91. The molecule has 2 fully saturated rings. The number of aromatic nitrogens is 1. The largest absolute Gasteiger partial charge is 0.381 e. The third kappa shape index (κ3) is 6.35. The number of amides is 1. The Morgan fingerprint density at radius 2 is 1.63 bits per heavy atom. The van der Waals surface area contributed by atoms with Crippen LogP contribution in [0.15, 0.2) is 60.9 Å². The van der Waals surface area contributed by atoms with Crippen LogP contribution in [0.2, 0.25) is 0 Å². The van der Waals surface area contributed by atoms with Gasteiger partial charge in [-0.3, -0.25) is 9.78 Å². The van der Waals surface area contributed by atoms with E-state index in [4.69, 9.17) is 9.47 Å². The van der Waals surface area contributed by atoms with Crippen molar-refractivity contribution in [3.05, 3.63) is 89.2 Å². The molecule has 1 amide bonds. The maximum absolute atomic E-state index is 13.3. The predicted octanol–water partition coefficient (Wildman–Crippen LogP) is 4.60. The lowest BCUT2D eigenvalue weighted by atomic mass is 9.88. The molecule has 3 aromatic rings. The van der Waals surface area contributed by atoms with Crippen molar-refractivity contribution in [2.75, 3.05) is 43.5 Å². The molecule has 1 spiro atoms. The van der Waals surface area contributed by atoms with E-state index in [9.17, 15) is 13.6 Å². The summed E-state index contributed by atoms with van der Waals surface area (Å²) >= 11 is 0.